The van der Waals surface area contributed by atoms with E-state index in [0.29, 0.717) is 9.13 Å². The van der Waals surface area contributed by atoms with Crippen molar-refractivity contribution >= 4 is 43.6 Å². The molecule has 0 spiro atoms. The summed E-state index contributed by atoms with van der Waals surface area (Å²) in [6, 6.07) is -33.9. The van der Waals surface area contributed by atoms with Crippen LogP contribution in [0.15, 0.2) is 211 Å². The molecule has 2 aromatic heterocycles. The van der Waals surface area contributed by atoms with Crippen molar-refractivity contribution in [2.45, 2.75) is 6.92 Å². The summed E-state index contributed by atoms with van der Waals surface area (Å²) in [6.07, 6.45) is 0. The van der Waals surface area contributed by atoms with Crippen LogP contribution >= 0.6 is 0 Å². The second-order valence-corrected chi connectivity index (χ2v) is 12.3. The van der Waals surface area contributed by atoms with Crippen LogP contribution in [0, 0.1) is 6.92 Å². The van der Waals surface area contributed by atoms with E-state index in [4.69, 9.17) is 23.3 Å². The first kappa shape index (κ1) is 13.1. The highest BCUT2D eigenvalue weighted by atomic mass is 15.0. The van der Waals surface area contributed by atoms with Crippen LogP contribution in [0.4, 0.5) is 0 Å². The van der Waals surface area contributed by atoms with Crippen molar-refractivity contribution in [2.75, 3.05) is 0 Å². The highest BCUT2D eigenvalue weighted by Crippen LogP contribution is 2.39. The lowest BCUT2D eigenvalue weighted by molar-refractivity contribution is 1.18. The zero-order valence-electron chi connectivity index (χ0n) is 63.9. The van der Waals surface area contributed by atoms with Crippen LogP contribution in [0.5, 0.6) is 0 Å². The molecule has 0 saturated heterocycles. The van der Waals surface area contributed by atoms with E-state index >= 15 is 0 Å². The van der Waals surface area contributed by atoms with Gasteiger partial charge in [0.15, 0.2) is 0 Å². The van der Waals surface area contributed by atoms with E-state index in [2.05, 4.69) is 0 Å². The molecule has 2 heteroatoms. The zero-order valence-corrected chi connectivity index (χ0v) is 28.9. The molecule has 0 atom stereocenters. The number of hydrogen-bond acceptors (Lipinski definition) is 0. The maximum absolute atomic E-state index is 9.94. The fourth-order valence-electron chi connectivity index (χ4n) is 6.31. The first-order valence-electron chi connectivity index (χ1n) is 34.3. The van der Waals surface area contributed by atoms with Gasteiger partial charge in [0.25, 0.3) is 0 Å². The van der Waals surface area contributed by atoms with Gasteiger partial charge in [-0.3, -0.25) is 0 Å². The molecule has 2 nitrogen and oxygen atoms in total. The maximum atomic E-state index is 9.94. The molecule has 0 radical (unpaired) electrons. The van der Waals surface area contributed by atoms with Gasteiger partial charge in [-0.25, -0.2) is 0 Å². The van der Waals surface area contributed by atoms with Crippen molar-refractivity contribution in [1.82, 2.24) is 9.13 Å². The van der Waals surface area contributed by atoms with Gasteiger partial charge in [-0.1, -0.05) is 157 Å². The Morgan fingerprint density at radius 3 is 1.14 bits per heavy atom. The minimum Gasteiger partial charge on any atom is -0.309 e. The van der Waals surface area contributed by atoms with Crippen molar-refractivity contribution in [3.63, 3.8) is 0 Å². The Bertz CT molecular complexity index is 5200. The van der Waals surface area contributed by atoms with E-state index in [1.165, 1.54) is 6.92 Å². The second-order valence-electron chi connectivity index (χ2n) is 12.3. The predicted molar refractivity (Wildman–Crippen MR) is 242 cm³/mol. The molecule has 0 fully saturated rings. The molecule has 11 aromatic rings. The topological polar surface area (TPSA) is 9.86 Å². The number of fused-ring (bicyclic) bond motifs is 6. The number of rotatable bonds is 6. The van der Waals surface area contributed by atoms with Crippen LogP contribution in [-0.2, 0) is 0 Å². The molecule has 0 aliphatic rings. The third-order valence-electron chi connectivity index (χ3n) is 8.86. The summed E-state index contributed by atoms with van der Waals surface area (Å²) in [6.45, 7) is 1.27. The molecule has 268 valence electrons. The van der Waals surface area contributed by atoms with Crippen molar-refractivity contribution in [2.24, 2.45) is 0 Å². The summed E-state index contributed by atoms with van der Waals surface area (Å²) in [7, 11) is 0. The average Bonchev–Trinajstić information content (AvgIpc) is 1.51. The quantitative estimate of drug-likeness (QED) is 0.160. The molecule has 0 unspecified atom stereocenters. The highest BCUT2D eigenvalue weighted by Gasteiger charge is 2.16. The molecule has 9 aromatic carbocycles. The Kier molecular flexibility index (Phi) is 3.08. The minimum atomic E-state index is -1.15. The molecule has 0 saturated carbocycles. The van der Waals surface area contributed by atoms with Gasteiger partial charge in [0.1, 0.15) is 0 Å². The average molecular weight is 762 g/mol. The van der Waals surface area contributed by atoms with Gasteiger partial charge in [0, 0.05) is 32.9 Å². The summed E-state index contributed by atoms with van der Waals surface area (Å²) < 4.78 is 318. The molecule has 0 amide bonds. The number of hydrogen-bond donors (Lipinski definition) is 0. The maximum Gasteiger partial charge on any atom is 0.0645 e. The van der Waals surface area contributed by atoms with Crippen LogP contribution in [0.3, 0.4) is 0 Å². The van der Waals surface area contributed by atoms with E-state index in [9.17, 15) is 24.7 Å². The largest absolute Gasteiger partial charge is 0.309 e. The van der Waals surface area contributed by atoms with Crippen LogP contribution in [0.25, 0.3) is 99.5 Å². The lowest BCUT2D eigenvalue weighted by Crippen LogP contribution is -1.94. The van der Waals surface area contributed by atoms with Gasteiger partial charge in [0.2, 0.25) is 0 Å². The molecule has 2 heterocycles. The number of para-hydroxylation sites is 2. The number of nitrogens with zero attached hydrogens (tertiary/aromatic N) is 2. The van der Waals surface area contributed by atoms with E-state index in [0.717, 1.165) is 0 Å². The Morgan fingerprint density at radius 1 is 0.281 bits per heavy atom. The van der Waals surface area contributed by atoms with E-state index in [-0.39, 0.29) is 5.56 Å². The van der Waals surface area contributed by atoms with Crippen LogP contribution in [0.2, 0.25) is 0 Å². The minimum absolute atomic E-state index is 0.148. The molecule has 0 aliphatic carbocycles. The van der Waals surface area contributed by atoms with Gasteiger partial charge in [0.05, 0.1) is 70.0 Å². The second kappa shape index (κ2) is 13.4. The van der Waals surface area contributed by atoms with E-state index in [1.54, 1.807) is 0 Å². The number of benzene rings is 9. The molecule has 0 N–H and O–H groups in total. The van der Waals surface area contributed by atoms with E-state index in [1.807, 2.05) is 0 Å². The summed E-state index contributed by atoms with van der Waals surface area (Å²) >= 11 is 0. The molecule has 57 heavy (non-hydrogen) atoms. The monoisotopic (exact) mass is 762 g/mol. The summed E-state index contributed by atoms with van der Waals surface area (Å²) in [5, 5.41) is -2.73. The van der Waals surface area contributed by atoms with Crippen molar-refractivity contribution in [3.05, 3.63) is 217 Å². The molecular weight excluding hydrogens is 689 g/mol. The Labute approximate surface area is 381 Å². The standard InChI is InChI=1S/C55H38N2/c1-37-10-9-13-43(34-37)42-24-30-47(31-25-42)57-53-17-8-6-15-49(53)51-36-45(27-33-55(51)57)44-26-32-54-50(35-44)48-14-5-7-16-52(48)56(54)46-28-22-41(23-29-46)40-20-18-39(19-21-40)38-11-3-2-4-12-38/h2-36H,1H3/i2D,3D,4D,5D,6D,7D,8D,9D,10D,11D,12D,13D,14D,15D,16D,17D,18D,19D,20D,21D,22D,23D,24D,25D,26D,27D,28D,29D,30D,31D,32D,33D,34D,35D,36D. The van der Waals surface area contributed by atoms with E-state index < -0.39 is 311 Å². The van der Waals surface area contributed by atoms with Crippen LogP contribution in [-0.4, -0.2) is 9.13 Å². The molecule has 11 rings (SSSR count). The van der Waals surface area contributed by atoms with Crippen LogP contribution in [0.1, 0.15) is 53.5 Å². The summed E-state index contributed by atoms with van der Waals surface area (Å²) in [5.41, 5.74) is -11.2. The smallest absolute Gasteiger partial charge is 0.0645 e. The lowest BCUT2D eigenvalue weighted by atomic mass is 10.00. The van der Waals surface area contributed by atoms with Gasteiger partial charge < -0.3 is 9.13 Å². The summed E-state index contributed by atoms with van der Waals surface area (Å²) in [4.78, 5) is 0. The first-order chi connectivity index (χ1) is 42.8. The fourth-order valence-corrected chi connectivity index (χ4v) is 6.31. The Balaban J connectivity index is 1.23. The van der Waals surface area contributed by atoms with Gasteiger partial charge >= 0.3 is 0 Å². The third-order valence-corrected chi connectivity index (χ3v) is 8.86. The Hall–Kier alpha value is -7.42. The normalized spacial score (nSPS) is 20.2. The first-order valence-corrected chi connectivity index (χ1v) is 16.8. The SMILES string of the molecule is [2H]c1c([2H])c([2H])c(-c2c([2H])c([2H])c(-c3c([2H])c([2H])c(-n4c5c([2H])c([2H])c([2H])c([2H])c5c5c([2H])c(-c6c([2H])c([2H])c7c(c6[2H])c6c([2H])c([2H])c([2H])c([2H])c6n7-c6c([2H])c([2H])c(-c7c([2H])c([2H])c([2H])c(C)c7[2H])c([2H])c6[2H])c([2H])c([2H])c54)c([2H])c3[2H])c([2H])c2[2H])c([2H])c1[2H]. The summed E-state index contributed by atoms with van der Waals surface area (Å²) in [5.74, 6) is 0. The fraction of sp³-hybridized carbons (Fsp3) is 0.0182. The molecular formula is C55H38N2. The molecule has 0 aliphatic heterocycles. The van der Waals surface area contributed by atoms with Gasteiger partial charge in [-0.2, -0.15) is 0 Å². The van der Waals surface area contributed by atoms with Crippen molar-refractivity contribution in [3.8, 4) is 55.9 Å². The number of aromatic nitrogens is 2. The Morgan fingerprint density at radius 2 is 0.632 bits per heavy atom. The van der Waals surface area contributed by atoms with Gasteiger partial charge in [-0.05, 0) is 112 Å². The lowest BCUT2D eigenvalue weighted by Gasteiger charge is -2.11. The molecule has 0 bridgehead atoms. The van der Waals surface area contributed by atoms with Gasteiger partial charge in [-0.15, -0.1) is 0 Å². The van der Waals surface area contributed by atoms with Crippen molar-refractivity contribution < 1.29 is 48.0 Å². The highest BCUT2D eigenvalue weighted by molar-refractivity contribution is 6.12. The zero-order chi connectivity index (χ0) is 68.3. The van der Waals surface area contributed by atoms with Crippen molar-refractivity contribution in [1.29, 1.82) is 0 Å². The van der Waals surface area contributed by atoms with Crippen LogP contribution < -0.4 is 0 Å². The predicted octanol–water partition coefficient (Wildman–Crippen LogP) is 14.9. The third kappa shape index (κ3) is 5.65.